The highest BCUT2D eigenvalue weighted by atomic mass is 35.5. The molecular weight excluding hydrogens is 474 g/mol. The minimum Gasteiger partial charge on any atom is -0.399 e. The first kappa shape index (κ1) is 22.4. The molecule has 0 amide bonds. The van der Waals surface area contributed by atoms with Crippen molar-refractivity contribution in [3.63, 3.8) is 0 Å². The van der Waals surface area contributed by atoms with E-state index in [1.807, 2.05) is 6.26 Å². The van der Waals surface area contributed by atoms with Crippen molar-refractivity contribution in [1.29, 1.82) is 0 Å². The summed E-state index contributed by atoms with van der Waals surface area (Å²) >= 11 is 9.17. The standard InChI is InChI=1S/C21H22ClN3O3S3/c1-21(2)11-15-18(17(12-21)24-28-3)20(29-4)30-19(15)16-9-10-25(23-16)31(26,27)14-7-5-13(22)6-8-14/h5-10H,11-12H2,1-4H3/b24-17-. The lowest BCUT2D eigenvalue weighted by Gasteiger charge is -2.31. The van der Waals surface area contributed by atoms with Crippen LogP contribution >= 0.6 is 34.7 Å². The fourth-order valence-corrected chi connectivity index (χ4v) is 7.11. The van der Waals surface area contributed by atoms with E-state index < -0.39 is 10.0 Å². The van der Waals surface area contributed by atoms with Crippen molar-refractivity contribution in [2.24, 2.45) is 10.6 Å². The molecule has 1 aromatic carbocycles. The van der Waals surface area contributed by atoms with Crippen molar-refractivity contribution in [2.75, 3.05) is 13.4 Å². The zero-order valence-corrected chi connectivity index (χ0v) is 20.8. The van der Waals surface area contributed by atoms with Crippen LogP contribution in [0.2, 0.25) is 5.02 Å². The quantitative estimate of drug-likeness (QED) is 0.343. The van der Waals surface area contributed by atoms with Crippen LogP contribution in [0.25, 0.3) is 10.6 Å². The third-order valence-corrected chi connectivity index (χ3v) is 9.30. The van der Waals surface area contributed by atoms with Crippen LogP contribution in [0.3, 0.4) is 0 Å². The number of thioether (sulfide) groups is 1. The molecule has 0 saturated carbocycles. The Kier molecular flexibility index (Phi) is 5.97. The third-order valence-electron chi connectivity index (χ3n) is 5.11. The van der Waals surface area contributed by atoms with E-state index in [-0.39, 0.29) is 10.3 Å². The third kappa shape index (κ3) is 4.16. The molecule has 1 aliphatic carbocycles. The van der Waals surface area contributed by atoms with Crippen molar-refractivity contribution >= 4 is 50.4 Å². The number of thiophene rings is 1. The molecule has 0 radical (unpaired) electrons. The average molecular weight is 496 g/mol. The highest BCUT2D eigenvalue weighted by molar-refractivity contribution is 8.00. The van der Waals surface area contributed by atoms with E-state index in [1.54, 1.807) is 48.4 Å². The van der Waals surface area contributed by atoms with Crippen LogP contribution in [-0.4, -0.2) is 36.7 Å². The van der Waals surface area contributed by atoms with E-state index in [4.69, 9.17) is 16.4 Å². The van der Waals surface area contributed by atoms with Crippen molar-refractivity contribution in [2.45, 2.75) is 35.8 Å². The summed E-state index contributed by atoms with van der Waals surface area (Å²) in [7, 11) is -2.24. The molecule has 0 aliphatic heterocycles. The first-order chi connectivity index (χ1) is 14.7. The molecule has 3 aromatic rings. The number of oxime groups is 1. The van der Waals surface area contributed by atoms with E-state index in [2.05, 4.69) is 24.1 Å². The largest absolute Gasteiger partial charge is 0.399 e. The summed E-state index contributed by atoms with van der Waals surface area (Å²) in [4.78, 5) is 6.24. The summed E-state index contributed by atoms with van der Waals surface area (Å²) in [6, 6.07) is 7.82. The maximum Gasteiger partial charge on any atom is 0.282 e. The summed E-state index contributed by atoms with van der Waals surface area (Å²) in [6.07, 6.45) is 5.19. The fourth-order valence-electron chi connectivity index (χ4n) is 3.80. The van der Waals surface area contributed by atoms with Crippen molar-refractivity contribution in [3.8, 4) is 10.6 Å². The Labute approximate surface area is 195 Å². The van der Waals surface area contributed by atoms with Gasteiger partial charge >= 0.3 is 0 Å². The molecule has 0 unspecified atom stereocenters. The highest BCUT2D eigenvalue weighted by Crippen LogP contribution is 2.48. The lowest BCUT2D eigenvalue weighted by atomic mass is 9.74. The normalized spacial score (nSPS) is 17.0. The number of fused-ring (bicyclic) bond motifs is 1. The molecule has 0 N–H and O–H groups in total. The Balaban J connectivity index is 1.82. The predicted molar refractivity (Wildman–Crippen MR) is 127 cm³/mol. The van der Waals surface area contributed by atoms with Crippen LogP contribution in [0.5, 0.6) is 0 Å². The SMILES string of the molecule is CO/N=C1/CC(C)(C)Cc2c(-c3ccn(S(=O)(=O)c4ccc(Cl)cc4)n3)sc(SC)c21. The smallest absolute Gasteiger partial charge is 0.282 e. The van der Waals surface area contributed by atoms with Crippen LogP contribution in [0.4, 0.5) is 0 Å². The molecule has 2 heterocycles. The van der Waals surface area contributed by atoms with E-state index in [0.29, 0.717) is 10.7 Å². The molecule has 0 fully saturated rings. The molecule has 164 valence electrons. The van der Waals surface area contributed by atoms with Gasteiger partial charge in [0.05, 0.1) is 19.7 Å². The van der Waals surface area contributed by atoms with Gasteiger partial charge in [-0.05, 0) is 60.4 Å². The zero-order valence-electron chi connectivity index (χ0n) is 17.5. The molecule has 0 bridgehead atoms. The fraction of sp³-hybridized carbons (Fsp3) is 0.333. The molecule has 6 nitrogen and oxygen atoms in total. The van der Waals surface area contributed by atoms with Gasteiger partial charge in [0.1, 0.15) is 12.8 Å². The van der Waals surface area contributed by atoms with Gasteiger partial charge in [0.25, 0.3) is 10.0 Å². The van der Waals surface area contributed by atoms with Crippen LogP contribution in [0, 0.1) is 5.41 Å². The molecule has 4 rings (SSSR count). The minimum absolute atomic E-state index is 0.00775. The van der Waals surface area contributed by atoms with E-state index in [0.717, 1.165) is 42.9 Å². The molecule has 0 atom stereocenters. The molecular formula is C21H22ClN3O3S3. The lowest BCUT2D eigenvalue weighted by molar-refractivity contribution is 0.210. The van der Waals surface area contributed by atoms with Gasteiger partial charge in [-0.1, -0.05) is 30.6 Å². The summed E-state index contributed by atoms with van der Waals surface area (Å²) in [6.45, 7) is 4.40. The van der Waals surface area contributed by atoms with Gasteiger partial charge in [0, 0.05) is 16.8 Å². The van der Waals surface area contributed by atoms with E-state index in [1.165, 1.54) is 18.3 Å². The Morgan fingerprint density at radius 2 is 1.94 bits per heavy atom. The van der Waals surface area contributed by atoms with Gasteiger partial charge in [-0.2, -0.15) is 17.6 Å². The predicted octanol–water partition coefficient (Wildman–Crippen LogP) is 5.55. The topological polar surface area (TPSA) is 73.6 Å². The van der Waals surface area contributed by atoms with Crippen LogP contribution in [0.15, 0.2) is 50.8 Å². The number of hydrogen-bond donors (Lipinski definition) is 0. The number of rotatable bonds is 5. The van der Waals surface area contributed by atoms with Crippen molar-refractivity contribution in [1.82, 2.24) is 9.19 Å². The second kappa shape index (κ2) is 8.27. The molecule has 0 saturated heterocycles. The first-order valence-electron chi connectivity index (χ1n) is 9.53. The Morgan fingerprint density at radius 1 is 1.23 bits per heavy atom. The second-order valence-electron chi connectivity index (χ2n) is 8.05. The van der Waals surface area contributed by atoms with Crippen molar-refractivity contribution < 1.29 is 13.3 Å². The van der Waals surface area contributed by atoms with Gasteiger partial charge < -0.3 is 4.84 Å². The first-order valence-corrected chi connectivity index (χ1v) is 13.4. The van der Waals surface area contributed by atoms with Crippen LogP contribution in [-0.2, 0) is 21.3 Å². The zero-order chi connectivity index (χ0) is 22.4. The van der Waals surface area contributed by atoms with Gasteiger partial charge in [0.15, 0.2) is 0 Å². The van der Waals surface area contributed by atoms with Gasteiger partial charge in [-0.15, -0.1) is 23.1 Å². The molecule has 10 heteroatoms. The monoisotopic (exact) mass is 495 g/mol. The number of aromatic nitrogens is 2. The van der Waals surface area contributed by atoms with Crippen LogP contribution < -0.4 is 0 Å². The van der Waals surface area contributed by atoms with Gasteiger partial charge in [-0.25, -0.2) is 0 Å². The Bertz CT molecular complexity index is 1260. The van der Waals surface area contributed by atoms with Crippen LogP contribution in [0.1, 0.15) is 31.4 Å². The summed E-state index contributed by atoms with van der Waals surface area (Å²) in [5.74, 6) is 0. The summed E-state index contributed by atoms with van der Waals surface area (Å²) < 4.78 is 28.2. The molecule has 2 aromatic heterocycles. The highest BCUT2D eigenvalue weighted by Gasteiger charge is 2.36. The molecule has 1 aliphatic rings. The lowest BCUT2D eigenvalue weighted by Crippen LogP contribution is -2.27. The second-order valence-corrected chi connectivity index (χ2v) is 12.4. The minimum atomic E-state index is -3.80. The number of hydrogen-bond acceptors (Lipinski definition) is 7. The Hall–Kier alpha value is -1.81. The average Bonchev–Trinajstić information content (AvgIpc) is 3.33. The summed E-state index contributed by atoms with van der Waals surface area (Å²) in [5, 5.41) is 9.23. The van der Waals surface area contributed by atoms with Gasteiger partial charge in [0.2, 0.25) is 0 Å². The number of benzene rings is 1. The van der Waals surface area contributed by atoms with E-state index >= 15 is 0 Å². The number of nitrogens with zero attached hydrogens (tertiary/aromatic N) is 3. The number of halogens is 1. The van der Waals surface area contributed by atoms with Gasteiger partial charge in [-0.3, -0.25) is 0 Å². The summed E-state index contributed by atoms with van der Waals surface area (Å²) in [5.41, 5.74) is 3.81. The Morgan fingerprint density at radius 3 is 2.58 bits per heavy atom. The maximum absolute atomic E-state index is 13.0. The van der Waals surface area contributed by atoms with Crippen molar-refractivity contribution in [3.05, 3.63) is 52.7 Å². The maximum atomic E-state index is 13.0. The molecule has 31 heavy (non-hydrogen) atoms. The van der Waals surface area contributed by atoms with E-state index in [9.17, 15) is 8.42 Å². The molecule has 0 spiro atoms.